The Kier molecular flexibility index (Phi) is 2.09. The van der Waals surface area contributed by atoms with Gasteiger partial charge in [-0.2, -0.15) is 0 Å². The summed E-state index contributed by atoms with van der Waals surface area (Å²) in [7, 11) is 0. The van der Waals surface area contributed by atoms with E-state index in [-0.39, 0.29) is 5.56 Å². The summed E-state index contributed by atoms with van der Waals surface area (Å²) in [5, 5.41) is 11.0. The average Bonchev–Trinajstić information content (AvgIpc) is 2.81. The van der Waals surface area contributed by atoms with Crippen LogP contribution in [0.4, 0.5) is 0 Å². The number of aromatic nitrogens is 2. The zero-order chi connectivity index (χ0) is 13.7. The third kappa shape index (κ3) is 1.48. The van der Waals surface area contributed by atoms with Crippen LogP contribution in [-0.2, 0) is 0 Å². The fraction of sp³-hybridized carbons (Fsp3) is 0. The molecule has 96 valence electrons. The maximum absolute atomic E-state index is 11.1. The molecule has 2 aromatic heterocycles. The van der Waals surface area contributed by atoms with Gasteiger partial charge in [0.15, 0.2) is 0 Å². The number of aromatic carboxylic acids is 1. The van der Waals surface area contributed by atoms with Crippen LogP contribution in [0.5, 0.6) is 0 Å². The molecule has 0 spiro atoms. The second kappa shape index (κ2) is 3.81. The molecule has 0 saturated heterocycles. The van der Waals surface area contributed by atoms with Gasteiger partial charge in [0.25, 0.3) is 0 Å². The minimum absolute atomic E-state index is 0.272. The molecule has 4 heteroatoms. The van der Waals surface area contributed by atoms with Crippen molar-refractivity contribution in [1.29, 1.82) is 0 Å². The number of carboxylic acid groups (broad SMARTS) is 1. The average molecular weight is 262 g/mol. The second-order valence-electron chi connectivity index (χ2n) is 4.77. The molecule has 0 saturated carbocycles. The summed E-state index contributed by atoms with van der Waals surface area (Å²) in [6.07, 6.45) is 0. The van der Waals surface area contributed by atoms with Gasteiger partial charge < -0.3 is 10.1 Å². The summed E-state index contributed by atoms with van der Waals surface area (Å²) in [4.78, 5) is 19.0. The number of pyridine rings is 1. The number of rotatable bonds is 1. The first-order valence-electron chi connectivity index (χ1n) is 6.27. The lowest BCUT2D eigenvalue weighted by Gasteiger charge is -1.97. The first-order chi connectivity index (χ1) is 9.72. The van der Waals surface area contributed by atoms with Gasteiger partial charge in [0.05, 0.1) is 22.1 Å². The van der Waals surface area contributed by atoms with E-state index in [1.165, 1.54) is 0 Å². The van der Waals surface area contributed by atoms with Crippen LogP contribution in [-0.4, -0.2) is 21.0 Å². The van der Waals surface area contributed by atoms with Crippen molar-refractivity contribution < 1.29 is 9.90 Å². The molecule has 0 atom stereocenters. The summed E-state index contributed by atoms with van der Waals surface area (Å²) >= 11 is 0. The van der Waals surface area contributed by atoms with Crippen molar-refractivity contribution in [2.45, 2.75) is 0 Å². The Morgan fingerprint density at radius 3 is 2.75 bits per heavy atom. The highest BCUT2D eigenvalue weighted by atomic mass is 16.4. The number of hydrogen-bond acceptors (Lipinski definition) is 2. The third-order valence-corrected chi connectivity index (χ3v) is 3.51. The lowest BCUT2D eigenvalue weighted by Crippen LogP contribution is -1.94. The van der Waals surface area contributed by atoms with Gasteiger partial charge in [-0.05, 0) is 30.3 Å². The maximum atomic E-state index is 11.1. The van der Waals surface area contributed by atoms with Gasteiger partial charge in [-0.25, -0.2) is 9.78 Å². The van der Waals surface area contributed by atoms with Crippen molar-refractivity contribution in [2.75, 3.05) is 0 Å². The third-order valence-electron chi connectivity index (χ3n) is 3.51. The van der Waals surface area contributed by atoms with Gasteiger partial charge in [-0.3, -0.25) is 0 Å². The van der Waals surface area contributed by atoms with Crippen molar-refractivity contribution in [3.8, 4) is 0 Å². The number of H-pyrrole nitrogens is 1. The first-order valence-corrected chi connectivity index (χ1v) is 6.27. The van der Waals surface area contributed by atoms with Gasteiger partial charge in [0.1, 0.15) is 0 Å². The molecule has 0 fully saturated rings. The Morgan fingerprint density at radius 2 is 1.90 bits per heavy atom. The van der Waals surface area contributed by atoms with Crippen molar-refractivity contribution >= 4 is 38.8 Å². The topological polar surface area (TPSA) is 66.0 Å². The van der Waals surface area contributed by atoms with Gasteiger partial charge in [0, 0.05) is 16.3 Å². The summed E-state index contributed by atoms with van der Waals surface area (Å²) in [6, 6.07) is 15.0. The number of nitrogens with one attached hydrogen (secondary N) is 1. The van der Waals surface area contributed by atoms with Crippen LogP contribution < -0.4 is 0 Å². The van der Waals surface area contributed by atoms with E-state index in [0.717, 1.165) is 32.8 Å². The monoisotopic (exact) mass is 262 g/mol. The number of aromatic amines is 1. The van der Waals surface area contributed by atoms with Crippen molar-refractivity contribution in [3.05, 3.63) is 54.1 Å². The molecule has 2 heterocycles. The quantitative estimate of drug-likeness (QED) is 0.551. The highest BCUT2D eigenvalue weighted by Gasteiger charge is 2.10. The zero-order valence-electron chi connectivity index (χ0n) is 10.4. The Labute approximate surface area is 113 Å². The zero-order valence-corrected chi connectivity index (χ0v) is 10.4. The van der Waals surface area contributed by atoms with Crippen molar-refractivity contribution in [3.63, 3.8) is 0 Å². The van der Waals surface area contributed by atoms with Crippen molar-refractivity contribution in [2.24, 2.45) is 0 Å². The molecule has 4 nitrogen and oxygen atoms in total. The summed E-state index contributed by atoms with van der Waals surface area (Å²) in [5.41, 5.74) is 3.80. The van der Waals surface area contributed by atoms with Gasteiger partial charge in [-0.15, -0.1) is 0 Å². The minimum Gasteiger partial charge on any atom is -0.478 e. The largest absolute Gasteiger partial charge is 0.478 e. The first kappa shape index (κ1) is 11.0. The molecular formula is C16H10N2O2. The Morgan fingerprint density at radius 1 is 1.05 bits per heavy atom. The summed E-state index contributed by atoms with van der Waals surface area (Å²) in [6.45, 7) is 0. The number of carbonyl (C=O) groups is 1. The molecule has 0 aliphatic rings. The highest BCUT2D eigenvalue weighted by Crippen LogP contribution is 2.27. The molecule has 4 rings (SSSR count). The van der Waals surface area contributed by atoms with Crippen molar-refractivity contribution in [1.82, 2.24) is 9.97 Å². The van der Waals surface area contributed by atoms with E-state index in [0.29, 0.717) is 0 Å². The molecule has 0 bridgehead atoms. The fourth-order valence-corrected chi connectivity index (χ4v) is 2.54. The SMILES string of the molecule is O=C(O)c1ccc2[nH]c3cc4ccccc4nc3c2c1. The van der Waals surface area contributed by atoms with E-state index in [4.69, 9.17) is 5.11 Å². The van der Waals surface area contributed by atoms with Crippen LogP contribution in [0.15, 0.2) is 48.5 Å². The normalized spacial score (nSPS) is 11.4. The number of carboxylic acids is 1. The lowest BCUT2D eigenvalue weighted by molar-refractivity contribution is 0.0697. The van der Waals surface area contributed by atoms with Crippen LogP contribution in [0.3, 0.4) is 0 Å². The second-order valence-corrected chi connectivity index (χ2v) is 4.77. The molecule has 0 aliphatic heterocycles. The number of benzene rings is 2. The molecule has 0 amide bonds. The van der Waals surface area contributed by atoms with E-state index >= 15 is 0 Å². The maximum Gasteiger partial charge on any atom is 0.335 e. The summed E-state index contributed by atoms with van der Waals surface area (Å²) < 4.78 is 0. The highest BCUT2D eigenvalue weighted by molar-refractivity contribution is 6.09. The Balaban J connectivity index is 2.15. The van der Waals surface area contributed by atoms with E-state index in [1.807, 2.05) is 30.3 Å². The summed E-state index contributed by atoms with van der Waals surface area (Å²) in [5.74, 6) is -0.929. The van der Waals surface area contributed by atoms with Crippen LogP contribution in [0, 0.1) is 0 Å². The van der Waals surface area contributed by atoms with Crippen LogP contribution in [0.1, 0.15) is 10.4 Å². The van der Waals surface area contributed by atoms with Crippen LogP contribution >= 0.6 is 0 Å². The predicted octanol–water partition coefficient (Wildman–Crippen LogP) is 3.57. The van der Waals surface area contributed by atoms with Crippen LogP contribution in [0.25, 0.3) is 32.8 Å². The van der Waals surface area contributed by atoms with E-state index in [9.17, 15) is 4.79 Å². The molecule has 0 aliphatic carbocycles. The Bertz CT molecular complexity index is 986. The van der Waals surface area contributed by atoms with Crippen LogP contribution in [0.2, 0.25) is 0 Å². The van der Waals surface area contributed by atoms with E-state index in [1.54, 1.807) is 18.2 Å². The van der Waals surface area contributed by atoms with E-state index < -0.39 is 5.97 Å². The molecular weight excluding hydrogens is 252 g/mol. The molecule has 2 aromatic carbocycles. The number of para-hydroxylation sites is 1. The lowest BCUT2D eigenvalue weighted by atomic mass is 10.1. The Hall–Kier alpha value is -2.88. The molecule has 2 N–H and O–H groups in total. The number of fused-ring (bicyclic) bond motifs is 4. The van der Waals surface area contributed by atoms with Gasteiger partial charge >= 0.3 is 5.97 Å². The molecule has 20 heavy (non-hydrogen) atoms. The number of nitrogens with zero attached hydrogens (tertiary/aromatic N) is 1. The van der Waals surface area contributed by atoms with Gasteiger partial charge in [-0.1, -0.05) is 18.2 Å². The van der Waals surface area contributed by atoms with Gasteiger partial charge in [0.2, 0.25) is 0 Å². The standard InChI is InChI=1S/C16H10N2O2/c19-16(20)10-5-6-13-11(7-10)15-14(17-13)8-9-3-1-2-4-12(9)18-15/h1-8,17H,(H,19,20). The predicted molar refractivity (Wildman–Crippen MR) is 78.1 cm³/mol. The minimum atomic E-state index is -0.929. The molecule has 0 unspecified atom stereocenters. The molecule has 0 radical (unpaired) electrons. The number of hydrogen-bond donors (Lipinski definition) is 2. The smallest absolute Gasteiger partial charge is 0.335 e. The molecule has 4 aromatic rings. The van der Waals surface area contributed by atoms with E-state index in [2.05, 4.69) is 9.97 Å². The fourth-order valence-electron chi connectivity index (χ4n) is 2.54.